The van der Waals surface area contributed by atoms with E-state index in [1.54, 1.807) is 0 Å². The van der Waals surface area contributed by atoms with Gasteiger partial charge in [-0.15, -0.1) is 0 Å². The van der Waals surface area contributed by atoms with E-state index >= 15 is 0 Å². The molecule has 0 bridgehead atoms. The molecule has 1 heterocycles. The Morgan fingerprint density at radius 3 is 2.37 bits per heavy atom. The van der Waals surface area contributed by atoms with Crippen molar-refractivity contribution in [3.05, 3.63) is 0 Å². The third-order valence-electron chi connectivity index (χ3n) is 4.83. The lowest BCUT2D eigenvalue weighted by Crippen LogP contribution is -2.55. The highest BCUT2D eigenvalue weighted by Crippen LogP contribution is 2.36. The minimum Gasteiger partial charge on any atom is -0.338 e. The van der Waals surface area contributed by atoms with Crippen LogP contribution in [0.4, 0.5) is 0 Å². The van der Waals surface area contributed by atoms with E-state index in [-0.39, 0.29) is 5.91 Å². The maximum Gasteiger partial charge on any atom is 0.243 e. The first kappa shape index (κ1) is 14.3. The monoisotopic (exact) mass is 263 g/mol. The van der Waals surface area contributed by atoms with Crippen LogP contribution in [0.15, 0.2) is 0 Å². The fraction of sp³-hybridized carbons (Fsp3) is 0.867. The molecule has 4 heteroatoms. The quantitative estimate of drug-likeness (QED) is 0.680. The molecule has 2 rings (SSSR count). The third-order valence-corrected chi connectivity index (χ3v) is 4.83. The Bertz CT molecular complexity index is 366. The van der Waals surface area contributed by atoms with Crippen LogP contribution in [-0.4, -0.2) is 48.4 Å². The Kier molecular flexibility index (Phi) is 4.46. The number of likely N-dealkylation sites (N-methyl/N-ethyl adjacent to an activating group) is 1. The van der Waals surface area contributed by atoms with Gasteiger partial charge in [0.2, 0.25) is 5.91 Å². The van der Waals surface area contributed by atoms with Gasteiger partial charge in [0.1, 0.15) is 5.41 Å². The summed E-state index contributed by atoms with van der Waals surface area (Å²) in [7, 11) is 2.10. The lowest BCUT2D eigenvalue weighted by molar-refractivity contribution is -0.142. The van der Waals surface area contributed by atoms with Crippen LogP contribution in [0.1, 0.15) is 45.4 Å². The molecule has 19 heavy (non-hydrogen) atoms. The summed E-state index contributed by atoms with van der Waals surface area (Å²) in [6, 6.07) is 2.76. The van der Waals surface area contributed by atoms with E-state index in [1.165, 1.54) is 0 Å². The van der Waals surface area contributed by atoms with E-state index < -0.39 is 5.41 Å². The van der Waals surface area contributed by atoms with Gasteiger partial charge in [-0.3, -0.25) is 4.79 Å². The predicted octanol–water partition coefficient (Wildman–Crippen LogP) is 2.01. The zero-order valence-corrected chi connectivity index (χ0v) is 12.2. The molecule has 0 aromatic rings. The Morgan fingerprint density at radius 1 is 1.21 bits per heavy atom. The number of carbonyl (C=O) groups is 1. The Hall–Kier alpha value is -1.08. The van der Waals surface area contributed by atoms with Crippen molar-refractivity contribution in [1.82, 2.24) is 9.80 Å². The summed E-state index contributed by atoms with van der Waals surface area (Å²) in [5.41, 5.74) is -0.730. The molecule has 1 aliphatic heterocycles. The van der Waals surface area contributed by atoms with Gasteiger partial charge >= 0.3 is 0 Å². The minimum absolute atomic E-state index is 0.0943. The first-order valence-corrected chi connectivity index (χ1v) is 7.50. The van der Waals surface area contributed by atoms with Gasteiger partial charge in [0.05, 0.1) is 6.07 Å². The second-order valence-corrected chi connectivity index (χ2v) is 6.19. The standard InChI is InChI=1S/C15H25N3O/c1-13-11-18(10-9-17(13)2)14(19)15(12-16)7-5-3-4-6-8-15/h13H,3-11H2,1-2H3. The van der Waals surface area contributed by atoms with Crippen molar-refractivity contribution in [2.45, 2.75) is 51.5 Å². The average molecular weight is 263 g/mol. The molecule has 0 radical (unpaired) electrons. The molecule has 0 N–H and O–H groups in total. The minimum atomic E-state index is -0.730. The second kappa shape index (κ2) is 5.92. The van der Waals surface area contributed by atoms with Crippen LogP contribution in [0.2, 0.25) is 0 Å². The molecular weight excluding hydrogens is 238 g/mol. The summed E-state index contributed by atoms with van der Waals surface area (Å²) >= 11 is 0. The highest BCUT2D eigenvalue weighted by Gasteiger charge is 2.42. The number of amides is 1. The fourth-order valence-electron chi connectivity index (χ4n) is 3.24. The molecule has 1 atom stereocenters. The highest BCUT2D eigenvalue weighted by atomic mass is 16.2. The number of rotatable bonds is 1. The van der Waals surface area contributed by atoms with Crippen LogP contribution in [-0.2, 0) is 4.79 Å². The number of hydrogen-bond acceptors (Lipinski definition) is 3. The van der Waals surface area contributed by atoms with Crippen molar-refractivity contribution in [1.29, 1.82) is 5.26 Å². The predicted molar refractivity (Wildman–Crippen MR) is 74.4 cm³/mol. The fourth-order valence-corrected chi connectivity index (χ4v) is 3.24. The topological polar surface area (TPSA) is 47.3 Å². The van der Waals surface area contributed by atoms with E-state index in [1.807, 2.05) is 4.90 Å². The lowest BCUT2D eigenvalue weighted by atomic mass is 9.80. The van der Waals surface area contributed by atoms with E-state index in [9.17, 15) is 10.1 Å². The van der Waals surface area contributed by atoms with Gasteiger partial charge in [0, 0.05) is 25.7 Å². The smallest absolute Gasteiger partial charge is 0.243 e. The Labute approximate surface area is 116 Å². The molecule has 1 aliphatic carbocycles. The van der Waals surface area contributed by atoms with Crippen molar-refractivity contribution in [2.75, 3.05) is 26.7 Å². The number of piperazine rings is 1. The van der Waals surface area contributed by atoms with E-state index in [0.717, 1.165) is 58.2 Å². The number of nitriles is 1. The van der Waals surface area contributed by atoms with E-state index in [0.29, 0.717) is 6.04 Å². The number of nitrogens with zero attached hydrogens (tertiary/aromatic N) is 3. The van der Waals surface area contributed by atoms with Gasteiger partial charge in [-0.05, 0) is 26.8 Å². The Morgan fingerprint density at radius 2 is 1.84 bits per heavy atom. The Balaban J connectivity index is 2.10. The molecule has 2 aliphatic rings. The highest BCUT2D eigenvalue weighted by molar-refractivity contribution is 5.85. The molecule has 2 fully saturated rings. The average Bonchev–Trinajstić information content (AvgIpc) is 2.67. The summed E-state index contributed by atoms with van der Waals surface area (Å²) in [6.45, 7) is 4.59. The summed E-state index contributed by atoms with van der Waals surface area (Å²) in [5.74, 6) is 0.0943. The SMILES string of the molecule is CC1CN(C(=O)C2(C#N)CCCCCC2)CCN1C. The van der Waals surface area contributed by atoms with Crippen LogP contribution < -0.4 is 0 Å². The third kappa shape index (κ3) is 2.92. The molecule has 106 valence electrons. The molecule has 1 saturated heterocycles. The first-order valence-electron chi connectivity index (χ1n) is 7.50. The maximum atomic E-state index is 12.8. The van der Waals surface area contributed by atoms with Crippen LogP contribution in [0, 0.1) is 16.7 Å². The molecule has 0 spiro atoms. The van der Waals surface area contributed by atoms with Crippen molar-refractivity contribution in [3.63, 3.8) is 0 Å². The van der Waals surface area contributed by atoms with Crippen LogP contribution >= 0.6 is 0 Å². The molecule has 1 amide bonds. The van der Waals surface area contributed by atoms with Gasteiger partial charge < -0.3 is 9.80 Å². The van der Waals surface area contributed by atoms with Crippen molar-refractivity contribution in [2.24, 2.45) is 5.41 Å². The van der Waals surface area contributed by atoms with Gasteiger partial charge in [-0.25, -0.2) is 0 Å². The van der Waals surface area contributed by atoms with Crippen molar-refractivity contribution < 1.29 is 4.79 Å². The van der Waals surface area contributed by atoms with E-state index in [4.69, 9.17) is 0 Å². The van der Waals surface area contributed by atoms with Gasteiger partial charge in [0.15, 0.2) is 0 Å². The molecule has 0 aromatic carbocycles. The zero-order valence-electron chi connectivity index (χ0n) is 12.2. The summed E-state index contributed by atoms with van der Waals surface area (Å²) in [5, 5.41) is 9.58. The molecular formula is C15H25N3O. The normalized spacial score (nSPS) is 28.5. The summed E-state index contributed by atoms with van der Waals surface area (Å²) in [4.78, 5) is 17.0. The molecule has 1 unspecified atom stereocenters. The van der Waals surface area contributed by atoms with Gasteiger partial charge in [-0.2, -0.15) is 5.26 Å². The summed E-state index contributed by atoms with van der Waals surface area (Å²) in [6.07, 6.45) is 5.86. The van der Waals surface area contributed by atoms with Crippen molar-refractivity contribution in [3.8, 4) is 6.07 Å². The zero-order chi connectivity index (χ0) is 13.9. The van der Waals surface area contributed by atoms with Crippen LogP contribution in [0.3, 0.4) is 0 Å². The first-order chi connectivity index (χ1) is 9.09. The number of hydrogen-bond donors (Lipinski definition) is 0. The van der Waals surface area contributed by atoms with Crippen molar-refractivity contribution >= 4 is 5.91 Å². The van der Waals surface area contributed by atoms with Gasteiger partial charge in [0.25, 0.3) is 0 Å². The maximum absolute atomic E-state index is 12.8. The molecule has 0 aromatic heterocycles. The summed E-state index contributed by atoms with van der Waals surface area (Å²) < 4.78 is 0. The van der Waals surface area contributed by atoms with E-state index in [2.05, 4.69) is 24.9 Å². The van der Waals surface area contributed by atoms with Crippen LogP contribution in [0.5, 0.6) is 0 Å². The number of carbonyl (C=O) groups excluding carboxylic acids is 1. The molecule has 1 saturated carbocycles. The lowest BCUT2D eigenvalue weighted by Gasteiger charge is -2.40. The second-order valence-electron chi connectivity index (χ2n) is 6.19. The van der Waals surface area contributed by atoms with Gasteiger partial charge in [-0.1, -0.05) is 25.7 Å². The largest absolute Gasteiger partial charge is 0.338 e. The molecule has 4 nitrogen and oxygen atoms in total. The van der Waals surface area contributed by atoms with Crippen LogP contribution in [0.25, 0.3) is 0 Å².